The summed E-state index contributed by atoms with van der Waals surface area (Å²) in [5.41, 5.74) is 1.99. The van der Waals surface area contributed by atoms with Gasteiger partial charge in [-0.05, 0) is 0 Å². The van der Waals surface area contributed by atoms with Crippen molar-refractivity contribution >= 4 is 32.4 Å². The van der Waals surface area contributed by atoms with Gasteiger partial charge in [0.2, 0.25) is 0 Å². The van der Waals surface area contributed by atoms with Gasteiger partial charge in [0.05, 0.1) is 0 Å². The first kappa shape index (κ1) is 19.1. The van der Waals surface area contributed by atoms with Crippen LogP contribution >= 0.6 is 17.3 Å². The zero-order chi connectivity index (χ0) is 16.4. The molecule has 0 saturated carbocycles. The maximum absolute atomic E-state index is 3.69. The first-order chi connectivity index (χ1) is 11.2. The molecule has 0 spiro atoms. The molecule has 0 aromatic heterocycles. The molecule has 0 atom stereocenters. The molecule has 0 fully saturated rings. The molecule has 3 heteroatoms. The van der Waals surface area contributed by atoms with E-state index in [0.717, 1.165) is 0 Å². The quantitative estimate of drug-likeness (QED) is 0.291. The summed E-state index contributed by atoms with van der Waals surface area (Å²) in [5.74, 6) is 2.54. The summed E-state index contributed by atoms with van der Waals surface area (Å²) in [6.45, 7) is 2.26. The monoisotopic (exact) mass is 410 g/mol. The van der Waals surface area contributed by atoms with Crippen molar-refractivity contribution < 1.29 is 0 Å². The Hall–Kier alpha value is -0.261. The van der Waals surface area contributed by atoms with Crippen LogP contribution in [0.2, 0.25) is 0 Å². The molecule has 0 saturated heterocycles. The molecule has 0 radical (unpaired) electrons. The summed E-state index contributed by atoms with van der Waals surface area (Å²) in [6, 6.07) is 21.9. The van der Waals surface area contributed by atoms with Crippen LogP contribution in [0.5, 0.6) is 0 Å². The van der Waals surface area contributed by atoms with Gasteiger partial charge < -0.3 is 0 Å². The molecular weight excluding hydrogens is 382 g/mol. The van der Waals surface area contributed by atoms with Crippen molar-refractivity contribution in [3.05, 3.63) is 71.8 Å². The second-order valence-corrected chi connectivity index (χ2v) is 15.6. The van der Waals surface area contributed by atoms with Crippen LogP contribution in [0.3, 0.4) is 0 Å². The Morgan fingerprint density at radius 2 is 1.26 bits per heavy atom. The van der Waals surface area contributed by atoms with E-state index in [1.165, 1.54) is 54.0 Å². The van der Waals surface area contributed by atoms with Crippen LogP contribution in [0.1, 0.15) is 18.1 Å². The first-order valence-corrected chi connectivity index (χ1v) is 14.2. The number of thioether (sulfide) groups is 1. The first-order valence-electron chi connectivity index (χ1n) is 8.44. The number of hydrogen-bond acceptors (Lipinski definition) is 1. The molecule has 124 valence electrons. The van der Waals surface area contributed by atoms with Gasteiger partial charge in [-0.25, -0.2) is 0 Å². The Kier molecular flexibility index (Phi) is 8.77. The SMILES string of the molecule is CCSCCP(=[Se])(CCc1ccccc1)CCc1ccccc1. The fraction of sp³-hybridized carbons (Fsp3) is 0.400. The Labute approximate surface area is 153 Å². The summed E-state index contributed by atoms with van der Waals surface area (Å²) in [4.78, 5) is 0. The number of hydrogen-bond donors (Lipinski definition) is 0. The van der Waals surface area contributed by atoms with Crippen LogP contribution in [-0.2, 0) is 12.8 Å². The maximum atomic E-state index is 3.69. The van der Waals surface area contributed by atoms with Crippen molar-refractivity contribution in [3.63, 3.8) is 0 Å². The van der Waals surface area contributed by atoms with E-state index < -0.39 is 5.51 Å². The average Bonchev–Trinajstić information content (AvgIpc) is 2.61. The van der Waals surface area contributed by atoms with E-state index in [2.05, 4.69) is 94.4 Å². The van der Waals surface area contributed by atoms with E-state index in [1.807, 2.05) is 0 Å². The normalized spacial score (nSPS) is 11.5. The molecule has 2 aromatic carbocycles. The van der Waals surface area contributed by atoms with E-state index in [1.54, 1.807) is 0 Å². The molecule has 2 aromatic rings. The molecular formula is C20H27PSSe. The molecule has 23 heavy (non-hydrogen) atoms. The molecule has 0 aliphatic carbocycles. The standard InChI is InChI=1S/C20H27PSSe/c1-2-22-18-17-21(23,15-13-19-9-5-3-6-10-19)16-14-20-11-7-4-8-12-20/h3-12H,2,13-18H2,1H3. The summed E-state index contributed by atoms with van der Waals surface area (Å²) in [7, 11) is 0. The van der Waals surface area contributed by atoms with Crippen molar-refractivity contribution in [2.75, 3.05) is 30.0 Å². The Balaban J connectivity index is 1.94. The second-order valence-electron chi connectivity index (χ2n) is 5.90. The summed E-state index contributed by atoms with van der Waals surface area (Å²) < 4.78 is 0. The van der Waals surface area contributed by atoms with Crippen LogP contribution in [0.4, 0.5) is 0 Å². The minimum atomic E-state index is -0.976. The molecule has 2 rings (SSSR count). The third kappa shape index (κ3) is 7.44. The zero-order valence-corrected chi connectivity index (χ0v) is 17.4. The van der Waals surface area contributed by atoms with E-state index in [4.69, 9.17) is 0 Å². The fourth-order valence-corrected chi connectivity index (χ4v) is 9.36. The predicted octanol–water partition coefficient (Wildman–Crippen LogP) is 5.33. The Morgan fingerprint density at radius 3 is 1.70 bits per heavy atom. The van der Waals surface area contributed by atoms with Crippen LogP contribution in [0.25, 0.3) is 0 Å². The van der Waals surface area contributed by atoms with E-state index >= 15 is 0 Å². The third-order valence-electron chi connectivity index (χ3n) is 4.15. The van der Waals surface area contributed by atoms with Gasteiger partial charge in [0.15, 0.2) is 0 Å². The van der Waals surface area contributed by atoms with Crippen LogP contribution in [-0.4, -0.2) is 45.1 Å². The van der Waals surface area contributed by atoms with Gasteiger partial charge in [-0.3, -0.25) is 0 Å². The third-order valence-corrected chi connectivity index (χ3v) is 11.9. The Morgan fingerprint density at radius 1 is 0.783 bits per heavy atom. The molecule has 0 bridgehead atoms. The van der Waals surface area contributed by atoms with Crippen LogP contribution in [0.15, 0.2) is 60.7 Å². The zero-order valence-electron chi connectivity index (χ0n) is 14.0. The van der Waals surface area contributed by atoms with Crippen molar-refractivity contribution in [1.82, 2.24) is 0 Å². The second kappa shape index (κ2) is 10.6. The minimum absolute atomic E-state index is 0.976. The van der Waals surface area contributed by atoms with Crippen LogP contribution < -0.4 is 0 Å². The number of benzene rings is 2. The summed E-state index contributed by atoms with van der Waals surface area (Å²) in [6.07, 6.45) is 6.49. The molecule has 0 aliphatic rings. The van der Waals surface area contributed by atoms with Gasteiger partial charge in [-0.1, -0.05) is 0 Å². The van der Waals surface area contributed by atoms with Gasteiger partial charge in [0.25, 0.3) is 0 Å². The van der Waals surface area contributed by atoms with Gasteiger partial charge in [0, 0.05) is 0 Å². The number of aryl methyl sites for hydroxylation is 2. The van der Waals surface area contributed by atoms with Crippen molar-refractivity contribution in [1.29, 1.82) is 0 Å². The van der Waals surface area contributed by atoms with E-state index in [9.17, 15) is 0 Å². The average molecular weight is 409 g/mol. The van der Waals surface area contributed by atoms with Gasteiger partial charge in [-0.15, -0.1) is 0 Å². The van der Waals surface area contributed by atoms with Crippen molar-refractivity contribution in [2.45, 2.75) is 19.8 Å². The van der Waals surface area contributed by atoms with E-state index in [0.29, 0.717) is 0 Å². The van der Waals surface area contributed by atoms with E-state index in [-0.39, 0.29) is 0 Å². The molecule has 0 nitrogen and oxygen atoms in total. The molecule has 0 aliphatic heterocycles. The molecule has 0 N–H and O–H groups in total. The topological polar surface area (TPSA) is 0 Å². The summed E-state index contributed by atoms with van der Waals surface area (Å²) >= 11 is 5.77. The summed E-state index contributed by atoms with van der Waals surface area (Å²) in [5, 5.41) is 0. The van der Waals surface area contributed by atoms with Crippen LogP contribution in [0, 0.1) is 0 Å². The number of rotatable bonds is 10. The van der Waals surface area contributed by atoms with Gasteiger partial charge in [0.1, 0.15) is 0 Å². The van der Waals surface area contributed by atoms with Gasteiger partial charge >= 0.3 is 154 Å². The predicted molar refractivity (Wildman–Crippen MR) is 111 cm³/mol. The molecule has 0 unspecified atom stereocenters. The van der Waals surface area contributed by atoms with Gasteiger partial charge in [-0.2, -0.15) is 0 Å². The van der Waals surface area contributed by atoms with Crippen molar-refractivity contribution in [3.8, 4) is 0 Å². The van der Waals surface area contributed by atoms with Crippen molar-refractivity contribution in [2.24, 2.45) is 0 Å². The molecule has 0 amide bonds. The Bertz CT molecular complexity index is 550. The fourth-order valence-electron chi connectivity index (χ4n) is 2.67. The molecule has 0 heterocycles.